The van der Waals surface area contributed by atoms with Crippen LogP contribution < -0.4 is 10.6 Å². The molecule has 0 atom stereocenters. The van der Waals surface area contributed by atoms with Gasteiger partial charge >= 0.3 is 0 Å². The van der Waals surface area contributed by atoms with Crippen LogP contribution in [0.3, 0.4) is 0 Å². The van der Waals surface area contributed by atoms with E-state index in [1.54, 1.807) is 31.2 Å². The Labute approximate surface area is 149 Å². The molecule has 5 nitrogen and oxygen atoms in total. The molecule has 24 heavy (non-hydrogen) atoms. The number of nitrogens with zero attached hydrogens (tertiary/aromatic N) is 1. The third kappa shape index (κ3) is 4.19. The number of phenolic OH excluding ortho intramolecular Hbond substituents is 1. The summed E-state index contributed by atoms with van der Waals surface area (Å²) < 4.78 is 0. The van der Waals surface area contributed by atoms with Crippen molar-refractivity contribution in [1.82, 2.24) is 0 Å². The first-order valence-electron chi connectivity index (χ1n) is 6.84. The highest BCUT2D eigenvalue weighted by Crippen LogP contribution is 2.27. The van der Waals surface area contributed by atoms with Crippen LogP contribution >= 0.6 is 23.2 Å². The van der Waals surface area contributed by atoms with Crippen molar-refractivity contribution >= 4 is 40.5 Å². The first kappa shape index (κ1) is 17.7. The van der Waals surface area contributed by atoms with Gasteiger partial charge < -0.3 is 15.7 Å². The van der Waals surface area contributed by atoms with Crippen molar-refractivity contribution in [2.75, 3.05) is 10.6 Å². The van der Waals surface area contributed by atoms with E-state index in [4.69, 9.17) is 28.5 Å². The second kappa shape index (κ2) is 7.73. The highest BCUT2D eigenvalue weighted by molar-refractivity contribution is 6.32. The van der Waals surface area contributed by atoms with Crippen molar-refractivity contribution in [3.63, 3.8) is 0 Å². The number of hydrogen-bond donors (Lipinski definition) is 3. The molecule has 1 amide bonds. The second-order valence-electron chi connectivity index (χ2n) is 4.84. The van der Waals surface area contributed by atoms with Gasteiger partial charge in [-0.25, -0.2) is 0 Å². The number of benzene rings is 2. The van der Waals surface area contributed by atoms with E-state index in [9.17, 15) is 9.90 Å². The molecule has 0 unspecified atom stereocenters. The van der Waals surface area contributed by atoms with Crippen LogP contribution in [0.1, 0.15) is 5.56 Å². The molecule has 0 aromatic heterocycles. The fourth-order valence-corrected chi connectivity index (χ4v) is 2.20. The molecule has 0 aliphatic carbocycles. The topological polar surface area (TPSA) is 85.2 Å². The molecule has 2 aromatic rings. The van der Waals surface area contributed by atoms with Crippen molar-refractivity contribution in [2.24, 2.45) is 0 Å². The summed E-state index contributed by atoms with van der Waals surface area (Å²) in [5.74, 6) is -0.657. The number of nitriles is 1. The molecular weight excluding hydrogens is 349 g/mol. The molecule has 0 fully saturated rings. The van der Waals surface area contributed by atoms with Crippen molar-refractivity contribution in [3.05, 3.63) is 63.8 Å². The van der Waals surface area contributed by atoms with Gasteiger partial charge in [0.25, 0.3) is 5.91 Å². The fourth-order valence-electron chi connectivity index (χ4n) is 1.85. The van der Waals surface area contributed by atoms with Gasteiger partial charge in [-0.05, 0) is 42.8 Å². The summed E-state index contributed by atoms with van der Waals surface area (Å²) in [7, 11) is 0. The Morgan fingerprint density at radius 2 is 2.00 bits per heavy atom. The third-order valence-corrected chi connectivity index (χ3v) is 3.86. The summed E-state index contributed by atoms with van der Waals surface area (Å²) in [6.07, 6.45) is 1.20. The number of nitrogens with one attached hydrogen (secondary N) is 2. The summed E-state index contributed by atoms with van der Waals surface area (Å²) in [6.45, 7) is 1.76. The fraction of sp³-hybridized carbons (Fsp3) is 0.0588. The zero-order chi connectivity index (χ0) is 17.7. The Kier molecular flexibility index (Phi) is 5.69. The monoisotopic (exact) mass is 361 g/mol. The lowest BCUT2D eigenvalue weighted by Gasteiger charge is -2.09. The number of rotatable bonds is 4. The maximum absolute atomic E-state index is 12.2. The van der Waals surface area contributed by atoms with Gasteiger partial charge in [-0.1, -0.05) is 29.3 Å². The number of anilines is 2. The molecule has 0 aliphatic heterocycles. The molecule has 0 heterocycles. The van der Waals surface area contributed by atoms with E-state index in [-0.39, 0.29) is 17.0 Å². The summed E-state index contributed by atoms with van der Waals surface area (Å²) in [4.78, 5) is 12.2. The van der Waals surface area contributed by atoms with Crippen LogP contribution in [0, 0.1) is 18.3 Å². The lowest BCUT2D eigenvalue weighted by atomic mass is 10.2. The number of carbonyl (C=O) groups is 1. The lowest BCUT2D eigenvalue weighted by Crippen LogP contribution is -2.15. The van der Waals surface area contributed by atoms with Gasteiger partial charge in [0.1, 0.15) is 17.4 Å². The van der Waals surface area contributed by atoms with Gasteiger partial charge in [-0.15, -0.1) is 0 Å². The quantitative estimate of drug-likeness (QED) is 0.426. The Bertz CT molecular complexity index is 857. The van der Waals surface area contributed by atoms with Crippen molar-refractivity contribution in [2.45, 2.75) is 6.92 Å². The molecule has 7 heteroatoms. The number of hydrogen-bond acceptors (Lipinski definition) is 4. The number of carbonyl (C=O) groups excluding carboxylic acids is 1. The number of aromatic hydroxyl groups is 1. The molecule has 0 bridgehead atoms. The van der Waals surface area contributed by atoms with Crippen molar-refractivity contribution in [3.8, 4) is 11.8 Å². The molecule has 0 spiro atoms. The smallest absolute Gasteiger partial charge is 0.267 e. The largest absolute Gasteiger partial charge is 0.506 e. The van der Waals surface area contributed by atoms with Crippen LogP contribution in [0.5, 0.6) is 5.75 Å². The zero-order valence-electron chi connectivity index (χ0n) is 12.6. The van der Waals surface area contributed by atoms with Crippen molar-refractivity contribution < 1.29 is 9.90 Å². The van der Waals surface area contributed by atoms with E-state index in [1.807, 2.05) is 0 Å². The maximum atomic E-state index is 12.2. The summed E-state index contributed by atoms with van der Waals surface area (Å²) in [5.41, 5.74) is 1.32. The summed E-state index contributed by atoms with van der Waals surface area (Å²) in [6, 6.07) is 11.3. The van der Waals surface area contributed by atoms with Gasteiger partial charge in [-0.2, -0.15) is 5.26 Å². The normalized spacial score (nSPS) is 10.8. The van der Waals surface area contributed by atoms with Crippen LogP contribution in [0.4, 0.5) is 11.4 Å². The standard InChI is InChI=1S/C17H13Cl2N3O2/c1-10-13(19)3-2-4-14(10)22-17(24)11(8-20)9-21-15-7-12(18)5-6-16(15)23/h2-7,9,21,23H,1H3,(H,22,24)/b11-9-. The van der Waals surface area contributed by atoms with Gasteiger partial charge in [0.15, 0.2) is 0 Å². The molecule has 0 saturated carbocycles. The highest BCUT2D eigenvalue weighted by atomic mass is 35.5. The Morgan fingerprint density at radius 3 is 2.71 bits per heavy atom. The molecule has 0 aliphatic rings. The van der Waals surface area contributed by atoms with Crippen LogP contribution in [0.15, 0.2) is 48.2 Å². The minimum Gasteiger partial charge on any atom is -0.506 e. The number of halogens is 2. The molecule has 2 aromatic carbocycles. The average molecular weight is 362 g/mol. The molecule has 3 N–H and O–H groups in total. The number of amides is 1. The van der Waals surface area contributed by atoms with E-state index in [1.165, 1.54) is 24.4 Å². The SMILES string of the molecule is Cc1c(Cl)cccc1NC(=O)/C(C#N)=C\Nc1cc(Cl)ccc1O. The highest BCUT2D eigenvalue weighted by Gasteiger charge is 2.12. The Balaban J connectivity index is 2.18. The first-order valence-corrected chi connectivity index (χ1v) is 7.59. The van der Waals surface area contributed by atoms with Gasteiger partial charge in [0, 0.05) is 21.9 Å². The third-order valence-electron chi connectivity index (χ3n) is 3.21. The van der Waals surface area contributed by atoms with Gasteiger partial charge in [0.05, 0.1) is 5.69 Å². The number of phenols is 1. The first-order chi connectivity index (χ1) is 11.4. The van der Waals surface area contributed by atoms with E-state index < -0.39 is 5.91 Å². The summed E-state index contributed by atoms with van der Waals surface area (Å²) >= 11 is 11.8. The van der Waals surface area contributed by atoms with E-state index in [2.05, 4.69) is 10.6 Å². The predicted octanol–water partition coefficient (Wildman–Crippen LogP) is 4.47. The van der Waals surface area contributed by atoms with E-state index >= 15 is 0 Å². The van der Waals surface area contributed by atoms with E-state index in [0.29, 0.717) is 21.3 Å². The second-order valence-corrected chi connectivity index (χ2v) is 5.69. The molecule has 0 saturated heterocycles. The van der Waals surface area contributed by atoms with Crippen LogP contribution in [0.2, 0.25) is 10.0 Å². The van der Waals surface area contributed by atoms with Crippen LogP contribution in [-0.2, 0) is 4.79 Å². The molecular formula is C17H13Cl2N3O2. The van der Waals surface area contributed by atoms with Crippen LogP contribution in [0.25, 0.3) is 0 Å². The Hall–Kier alpha value is -2.68. The average Bonchev–Trinajstić information content (AvgIpc) is 2.55. The zero-order valence-corrected chi connectivity index (χ0v) is 14.1. The van der Waals surface area contributed by atoms with Crippen molar-refractivity contribution in [1.29, 1.82) is 5.26 Å². The maximum Gasteiger partial charge on any atom is 0.267 e. The molecule has 0 radical (unpaired) electrons. The van der Waals surface area contributed by atoms with Gasteiger partial charge in [-0.3, -0.25) is 4.79 Å². The Morgan fingerprint density at radius 1 is 1.25 bits per heavy atom. The minimum atomic E-state index is -0.600. The van der Waals surface area contributed by atoms with Gasteiger partial charge in [0.2, 0.25) is 0 Å². The van der Waals surface area contributed by atoms with E-state index in [0.717, 1.165) is 0 Å². The minimum absolute atomic E-state index is 0.0565. The predicted molar refractivity (Wildman–Crippen MR) is 95.3 cm³/mol. The molecule has 2 rings (SSSR count). The summed E-state index contributed by atoms with van der Waals surface area (Å²) in [5, 5.41) is 25.1. The van der Waals surface area contributed by atoms with Crippen LogP contribution in [-0.4, -0.2) is 11.0 Å². The molecule has 122 valence electrons. The lowest BCUT2D eigenvalue weighted by molar-refractivity contribution is -0.112.